The van der Waals surface area contributed by atoms with Crippen molar-refractivity contribution in [3.63, 3.8) is 0 Å². The molecule has 1 unspecified atom stereocenters. The zero-order valence-corrected chi connectivity index (χ0v) is 19.6. The van der Waals surface area contributed by atoms with E-state index in [0.717, 1.165) is 27.8 Å². The van der Waals surface area contributed by atoms with Crippen LogP contribution >= 0.6 is 0 Å². The summed E-state index contributed by atoms with van der Waals surface area (Å²) in [5.41, 5.74) is 2.35. The number of benzene rings is 3. The molecule has 5 rings (SSSR count). The number of amides is 2. The topological polar surface area (TPSA) is 70.6 Å². The van der Waals surface area contributed by atoms with Gasteiger partial charge in [0.05, 0.1) is 0 Å². The summed E-state index contributed by atoms with van der Waals surface area (Å²) in [7, 11) is 0. The van der Waals surface area contributed by atoms with E-state index >= 15 is 0 Å². The molecule has 184 valence electrons. The van der Waals surface area contributed by atoms with Crippen LogP contribution < -0.4 is 15.0 Å². The molecule has 4 aromatic rings. The van der Waals surface area contributed by atoms with Crippen molar-refractivity contribution in [2.24, 2.45) is 0 Å². The molecule has 0 saturated carbocycles. The lowest BCUT2D eigenvalue weighted by Gasteiger charge is -2.40. The first-order valence-electron chi connectivity index (χ1n) is 11.7. The third-order valence-electron chi connectivity index (χ3n) is 6.23. The number of ether oxygens (including phenoxy) is 1. The van der Waals surface area contributed by atoms with Crippen molar-refractivity contribution in [1.29, 1.82) is 0 Å². The van der Waals surface area contributed by atoms with Crippen LogP contribution in [0, 0.1) is 0 Å². The standard InChI is InChI=1S/C27H25F2N5O2/c1-18-17-33(15-16-34(18)27(35)30-20-11-13-21(14-12-20)36-26(28)29)25-23-10-6-5-9-22(23)24(31-32-25)19-7-3-2-4-8-19/h2-14,18,26H,15-17H2,1H3,(H,30,35). The number of nitrogens with one attached hydrogen (secondary N) is 1. The highest BCUT2D eigenvalue weighted by atomic mass is 19.3. The van der Waals surface area contributed by atoms with Crippen LogP contribution in [0.15, 0.2) is 78.9 Å². The number of urea groups is 1. The number of fused-ring (bicyclic) bond motifs is 1. The number of nitrogens with zero attached hydrogens (tertiary/aromatic N) is 4. The van der Waals surface area contributed by atoms with Crippen molar-refractivity contribution in [3.8, 4) is 17.0 Å². The van der Waals surface area contributed by atoms with Crippen molar-refractivity contribution in [1.82, 2.24) is 15.1 Å². The number of halogens is 2. The highest BCUT2D eigenvalue weighted by Gasteiger charge is 2.29. The van der Waals surface area contributed by atoms with E-state index in [1.54, 1.807) is 4.90 Å². The van der Waals surface area contributed by atoms with E-state index in [0.29, 0.717) is 25.3 Å². The van der Waals surface area contributed by atoms with Gasteiger partial charge in [-0.25, -0.2) is 4.79 Å². The van der Waals surface area contributed by atoms with E-state index < -0.39 is 6.61 Å². The summed E-state index contributed by atoms with van der Waals surface area (Å²) >= 11 is 0. The summed E-state index contributed by atoms with van der Waals surface area (Å²) < 4.78 is 29.0. The number of piperazine rings is 1. The van der Waals surface area contributed by atoms with Gasteiger partial charge in [-0.05, 0) is 31.2 Å². The quantitative estimate of drug-likeness (QED) is 0.393. The predicted molar refractivity (Wildman–Crippen MR) is 135 cm³/mol. The molecule has 0 radical (unpaired) electrons. The summed E-state index contributed by atoms with van der Waals surface area (Å²) in [5, 5.41) is 14.0. The number of rotatable bonds is 5. The van der Waals surface area contributed by atoms with Crippen molar-refractivity contribution >= 4 is 28.3 Å². The Kier molecular flexibility index (Phi) is 6.62. The maximum atomic E-state index is 12.9. The van der Waals surface area contributed by atoms with E-state index in [-0.39, 0.29) is 17.8 Å². The SMILES string of the molecule is CC1CN(c2nnc(-c3ccccc3)c3ccccc23)CCN1C(=O)Nc1ccc(OC(F)F)cc1. The van der Waals surface area contributed by atoms with E-state index in [9.17, 15) is 13.6 Å². The van der Waals surface area contributed by atoms with Crippen LogP contribution in [0.2, 0.25) is 0 Å². The number of aromatic nitrogens is 2. The lowest BCUT2D eigenvalue weighted by molar-refractivity contribution is -0.0498. The molecule has 9 heteroatoms. The first-order chi connectivity index (χ1) is 17.5. The average molecular weight is 490 g/mol. The van der Waals surface area contributed by atoms with Crippen molar-refractivity contribution in [3.05, 3.63) is 78.9 Å². The van der Waals surface area contributed by atoms with Gasteiger partial charge in [0.1, 0.15) is 11.4 Å². The normalized spacial score (nSPS) is 15.8. The van der Waals surface area contributed by atoms with E-state index in [1.807, 2.05) is 49.4 Å². The average Bonchev–Trinajstić information content (AvgIpc) is 2.89. The van der Waals surface area contributed by atoms with E-state index in [1.165, 1.54) is 24.3 Å². The second-order valence-electron chi connectivity index (χ2n) is 8.61. The molecule has 7 nitrogen and oxygen atoms in total. The number of hydrogen-bond donors (Lipinski definition) is 1. The Labute approximate surface area is 207 Å². The van der Waals surface area contributed by atoms with Gasteiger partial charge in [0.2, 0.25) is 0 Å². The molecule has 2 heterocycles. The maximum Gasteiger partial charge on any atom is 0.387 e. The van der Waals surface area contributed by atoms with Gasteiger partial charge < -0.3 is 19.9 Å². The van der Waals surface area contributed by atoms with Gasteiger partial charge in [0, 0.05) is 47.7 Å². The van der Waals surface area contributed by atoms with E-state index in [2.05, 4.69) is 37.3 Å². The fourth-order valence-corrected chi connectivity index (χ4v) is 4.50. The molecule has 0 aliphatic carbocycles. The number of alkyl halides is 2. The Morgan fingerprint density at radius 2 is 1.64 bits per heavy atom. The molecule has 1 saturated heterocycles. The number of carbonyl (C=O) groups excluding carboxylic acids is 1. The molecule has 36 heavy (non-hydrogen) atoms. The largest absolute Gasteiger partial charge is 0.435 e. The van der Waals surface area contributed by atoms with Crippen LogP contribution in [0.25, 0.3) is 22.0 Å². The zero-order valence-electron chi connectivity index (χ0n) is 19.6. The number of anilines is 2. The van der Waals surface area contributed by atoms with E-state index in [4.69, 9.17) is 0 Å². The molecular formula is C27H25F2N5O2. The minimum Gasteiger partial charge on any atom is -0.435 e. The lowest BCUT2D eigenvalue weighted by atomic mass is 10.0. The Bertz CT molecular complexity index is 1350. The molecule has 1 aliphatic rings. The van der Waals surface area contributed by atoms with Crippen LogP contribution in [0.4, 0.5) is 25.1 Å². The van der Waals surface area contributed by atoms with Gasteiger partial charge in [-0.15, -0.1) is 10.2 Å². The molecule has 1 atom stereocenters. The zero-order chi connectivity index (χ0) is 25.1. The number of carbonyl (C=O) groups is 1. The summed E-state index contributed by atoms with van der Waals surface area (Å²) in [5.74, 6) is 0.836. The Morgan fingerprint density at radius 3 is 2.33 bits per heavy atom. The van der Waals surface area contributed by atoms with Gasteiger partial charge in [0.15, 0.2) is 5.82 Å². The van der Waals surface area contributed by atoms with Gasteiger partial charge >= 0.3 is 12.6 Å². The maximum absolute atomic E-state index is 12.9. The van der Waals surface area contributed by atoms with Crippen LogP contribution in [0.1, 0.15) is 6.92 Å². The monoisotopic (exact) mass is 489 g/mol. The lowest BCUT2D eigenvalue weighted by Crippen LogP contribution is -2.55. The van der Waals surface area contributed by atoms with Gasteiger partial charge in [-0.2, -0.15) is 8.78 Å². The summed E-state index contributed by atoms with van der Waals surface area (Å²) in [4.78, 5) is 16.8. The predicted octanol–water partition coefficient (Wildman–Crippen LogP) is 5.64. The highest BCUT2D eigenvalue weighted by Crippen LogP contribution is 2.32. The first-order valence-corrected chi connectivity index (χ1v) is 11.7. The summed E-state index contributed by atoms with van der Waals surface area (Å²) in [6.07, 6.45) is 0. The summed E-state index contributed by atoms with van der Waals surface area (Å²) in [6, 6.07) is 23.6. The third kappa shape index (κ3) is 4.91. The van der Waals surface area contributed by atoms with Gasteiger partial charge in [-0.1, -0.05) is 54.6 Å². The van der Waals surface area contributed by atoms with Crippen LogP contribution in [-0.2, 0) is 0 Å². The Hall–Kier alpha value is -4.27. The Morgan fingerprint density at radius 1 is 0.944 bits per heavy atom. The third-order valence-corrected chi connectivity index (χ3v) is 6.23. The molecular weight excluding hydrogens is 464 g/mol. The second-order valence-corrected chi connectivity index (χ2v) is 8.61. The van der Waals surface area contributed by atoms with Crippen molar-refractivity contribution < 1.29 is 18.3 Å². The fraction of sp³-hybridized carbons (Fsp3) is 0.222. The minimum atomic E-state index is -2.89. The molecule has 0 bridgehead atoms. The Balaban J connectivity index is 1.30. The molecule has 1 aromatic heterocycles. The fourth-order valence-electron chi connectivity index (χ4n) is 4.50. The van der Waals surface area contributed by atoms with Gasteiger partial charge in [-0.3, -0.25) is 0 Å². The first kappa shape index (κ1) is 23.5. The smallest absolute Gasteiger partial charge is 0.387 e. The second kappa shape index (κ2) is 10.2. The summed E-state index contributed by atoms with van der Waals surface area (Å²) in [6.45, 7) is 0.786. The molecule has 1 aliphatic heterocycles. The molecule has 0 spiro atoms. The minimum absolute atomic E-state index is 0.0385. The molecule has 1 fully saturated rings. The van der Waals surface area contributed by atoms with Crippen molar-refractivity contribution in [2.45, 2.75) is 19.6 Å². The van der Waals surface area contributed by atoms with Crippen molar-refractivity contribution in [2.75, 3.05) is 29.9 Å². The molecule has 3 aromatic carbocycles. The highest BCUT2D eigenvalue weighted by molar-refractivity contribution is 6.00. The van der Waals surface area contributed by atoms with Crippen LogP contribution in [0.5, 0.6) is 5.75 Å². The number of hydrogen-bond acceptors (Lipinski definition) is 5. The van der Waals surface area contributed by atoms with Gasteiger partial charge in [0.25, 0.3) is 0 Å². The van der Waals surface area contributed by atoms with Crippen LogP contribution in [-0.4, -0.2) is 53.4 Å². The molecule has 2 amide bonds. The molecule has 1 N–H and O–H groups in total. The van der Waals surface area contributed by atoms with Crippen LogP contribution in [0.3, 0.4) is 0 Å².